The predicted molar refractivity (Wildman–Crippen MR) is 74.4 cm³/mol. The van der Waals surface area contributed by atoms with E-state index in [2.05, 4.69) is 24.4 Å². The fourth-order valence-corrected chi connectivity index (χ4v) is 1.61. The Morgan fingerprint density at radius 2 is 2.06 bits per heavy atom. The van der Waals surface area contributed by atoms with Crippen molar-refractivity contribution in [3.8, 4) is 5.75 Å². The normalized spacial score (nSPS) is 10.9. The Kier molecular flexibility index (Phi) is 7.15. The van der Waals surface area contributed by atoms with Gasteiger partial charge in [0.05, 0.1) is 6.61 Å². The summed E-state index contributed by atoms with van der Waals surface area (Å²) >= 11 is 0. The van der Waals surface area contributed by atoms with Gasteiger partial charge in [-0.3, -0.25) is 0 Å². The van der Waals surface area contributed by atoms with Gasteiger partial charge in [-0.25, -0.2) is 0 Å². The highest BCUT2D eigenvalue weighted by molar-refractivity contribution is 5.56. The minimum atomic E-state index is 0.769. The maximum Gasteiger partial charge on any atom is 0.126 e. The summed E-state index contributed by atoms with van der Waals surface area (Å²) in [7, 11) is 0. The highest BCUT2D eigenvalue weighted by Gasteiger charge is 1.98. The highest BCUT2D eigenvalue weighted by atomic mass is 16.5. The van der Waals surface area contributed by atoms with Crippen LogP contribution in [0.25, 0.3) is 6.08 Å². The number of para-hydroxylation sites is 1. The van der Waals surface area contributed by atoms with E-state index in [1.54, 1.807) is 0 Å². The van der Waals surface area contributed by atoms with Crippen molar-refractivity contribution in [1.82, 2.24) is 5.32 Å². The topological polar surface area (TPSA) is 21.3 Å². The van der Waals surface area contributed by atoms with Crippen LogP contribution in [0.15, 0.2) is 30.3 Å². The minimum absolute atomic E-state index is 0.769. The second-order valence-electron chi connectivity index (χ2n) is 3.99. The van der Waals surface area contributed by atoms with Crippen LogP contribution in [-0.4, -0.2) is 19.7 Å². The molecule has 0 saturated carbocycles. The van der Waals surface area contributed by atoms with Crippen LogP contribution in [0.3, 0.4) is 0 Å². The molecule has 0 atom stereocenters. The first-order chi connectivity index (χ1) is 8.38. The van der Waals surface area contributed by atoms with Crippen LogP contribution in [0, 0.1) is 0 Å². The average molecular weight is 233 g/mol. The molecule has 2 nitrogen and oxygen atoms in total. The lowest BCUT2D eigenvalue weighted by atomic mass is 10.2. The second kappa shape index (κ2) is 8.82. The van der Waals surface area contributed by atoms with E-state index in [-0.39, 0.29) is 0 Å². The molecule has 0 aliphatic rings. The Bertz CT molecular complexity index is 333. The first-order valence-corrected chi connectivity index (χ1v) is 6.43. The molecule has 0 amide bonds. The van der Waals surface area contributed by atoms with Gasteiger partial charge in [-0.05, 0) is 38.9 Å². The largest absolute Gasteiger partial charge is 0.493 e. The molecule has 94 valence electrons. The van der Waals surface area contributed by atoms with Crippen molar-refractivity contribution in [2.45, 2.75) is 26.7 Å². The van der Waals surface area contributed by atoms with Crippen LogP contribution in [0.2, 0.25) is 0 Å². The van der Waals surface area contributed by atoms with Gasteiger partial charge in [0.25, 0.3) is 0 Å². The fourth-order valence-electron chi connectivity index (χ4n) is 1.61. The van der Waals surface area contributed by atoms with Crippen molar-refractivity contribution >= 4 is 6.08 Å². The molecule has 1 rings (SSSR count). The molecule has 0 saturated heterocycles. The third kappa shape index (κ3) is 5.55. The van der Waals surface area contributed by atoms with Crippen LogP contribution < -0.4 is 10.1 Å². The molecule has 0 spiro atoms. The van der Waals surface area contributed by atoms with E-state index in [9.17, 15) is 0 Å². The quantitative estimate of drug-likeness (QED) is 0.694. The number of ether oxygens (including phenoxy) is 1. The average Bonchev–Trinajstić information content (AvgIpc) is 2.36. The molecule has 0 aliphatic heterocycles. The maximum absolute atomic E-state index is 5.78. The molecule has 0 aliphatic carbocycles. The van der Waals surface area contributed by atoms with E-state index in [1.165, 1.54) is 6.42 Å². The molecular weight excluding hydrogens is 210 g/mol. The molecule has 0 bridgehead atoms. The molecule has 0 radical (unpaired) electrons. The first kappa shape index (κ1) is 13.8. The van der Waals surface area contributed by atoms with Crippen LogP contribution >= 0.6 is 0 Å². The molecule has 2 heteroatoms. The first-order valence-electron chi connectivity index (χ1n) is 6.43. The molecule has 1 aromatic carbocycles. The van der Waals surface area contributed by atoms with Gasteiger partial charge in [0, 0.05) is 5.56 Å². The zero-order valence-corrected chi connectivity index (χ0v) is 10.9. The van der Waals surface area contributed by atoms with Gasteiger partial charge < -0.3 is 10.1 Å². The lowest BCUT2D eigenvalue weighted by molar-refractivity contribution is 0.307. The number of benzene rings is 1. The summed E-state index contributed by atoms with van der Waals surface area (Å²) in [6.07, 6.45) is 6.34. The van der Waals surface area contributed by atoms with E-state index in [1.807, 2.05) is 31.2 Å². The summed E-state index contributed by atoms with van der Waals surface area (Å²) in [4.78, 5) is 0. The SMILES string of the molecule is CC=Cc1ccccc1OCCCNCCC. The van der Waals surface area contributed by atoms with Crippen molar-refractivity contribution in [2.24, 2.45) is 0 Å². The summed E-state index contributed by atoms with van der Waals surface area (Å²) in [5, 5.41) is 3.37. The fraction of sp³-hybridized carbons (Fsp3) is 0.467. The van der Waals surface area contributed by atoms with Crippen molar-refractivity contribution < 1.29 is 4.74 Å². The molecule has 0 heterocycles. The van der Waals surface area contributed by atoms with Crippen molar-refractivity contribution in [3.63, 3.8) is 0 Å². The van der Waals surface area contributed by atoms with E-state index in [0.29, 0.717) is 0 Å². The molecular formula is C15H23NO. The third-order valence-electron chi connectivity index (χ3n) is 2.45. The Morgan fingerprint density at radius 3 is 2.82 bits per heavy atom. The number of allylic oxidation sites excluding steroid dienone is 1. The zero-order valence-electron chi connectivity index (χ0n) is 10.9. The molecule has 0 aromatic heterocycles. The number of hydrogen-bond acceptors (Lipinski definition) is 2. The van der Waals surface area contributed by atoms with Gasteiger partial charge in [0.1, 0.15) is 5.75 Å². The van der Waals surface area contributed by atoms with Gasteiger partial charge in [-0.1, -0.05) is 37.3 Å². The minimum Gasteiger partial charge on any atom is -0.493 e. The second-order valence-corrected chi connectivity index (χ2v) is 3.99. The van der Waals surface area contributed by atoms with E-state index >= 15 is 0 Å². The van der Waals surface area contributed by atoms with Crippen LogP contribution in [0.4, 0.5) is 0 Å². The lowest BCUT2D eigenvalue weighted by Crippen LogP contribution is -2.18. The van der Waals surface area contributed by atoms with Gasteiger partial charge in [0.15, 0.2) is 0 Å². The number of rotatable bonds is 8. The molecule has 1 aromatic rings. The Balaban J connectivity index is 2.31. The predicted octanol–water partition coefficient (Wildman–Crippen LogP) is 3.49. The van der Waals surface area contributed by atoms with Crippen LogP contribution in [0.5, 0.6) is 5.75 Å². The molecule has 0 fully saturated rings. The van der Waals surface area contributed by atoms with E-state index < -0.39 is 0 Å². The molecule has 1 N–H and O–H groups in total. The summed E-state index contributed by atoms with van der Waals surface area (Å²) in [6.45, 7) is 7.09. The van der Waals surface area contributed by atoms with Crippen LogP contribution in [-0.2, 0) is 0 Å². The highest BCUT2D eigenvalue weighted by Crippen LogP contribution is 2.19. The van der Waals surface area contributed by atoms with E-state index in [0.717, 1.165) is 37.4 Å². The number of hydrogen-bond donors (Lipinski definition) is 1. The Hall–Kier alpha value is -1.28. The standard InChI is InChI=1S/C15H23NO/c1-3-8-14-9-5-6-10-15(14)17-13-7-12-16-11-4-2/h3,5-6,8-10,16H,4,7,11-13H2,1-2H3. The Labute approximate surface area is 105 Å². The van der Waals surface area contributed by atoms with Crippen molar-refractivity contribution in [2.75, 3.05) is 19.7 Å². The summed E-state index contributed by atoms with van der Waals surface area (Å²) in [5.41, 5.74) is 1.15. The van der Waals surface area contributed by atoms with Gasteiger partial charge in [0.2, 0.25) is 0 Å². The van der Waals surface area contributed by atoms with Crippen molar-refractivity contribution in [1.29, 1.82) is 0 Å². The number of nitrogens with one attached hydrogen (secondary N) is 1. The smallest absolute Gasteiger partial charge is 0.126 e. The summed E-state index contributed by atoms with van der Waals surface area (Å²) in [5.74, 6) is 0.973. The van der Waals surface area contributed by atoms with Gasteiger partial charge >= 0.3 is 0 Å². The zero-order chi connectivity index (χ0) is 12.3. The molecule has 0 unspecified atom stereocenters. The molecule has 17 heavy (non-hydrogen) atoms. The maximum atomic E-state index is 5.78. The van der Waals surface area contributed by atoms with Gasteiger partial charge in [-0.15, -0.1) is 0 Å². The van der Waals surface area contributed by atoms with Gasteiger partial charge in [-0.2, -0.15) is 0 Å². The lowest BCUT2D eigenvalue weighted by Gasteiger charge is -2.09. The summed E-state index contributed by atoms with van der Waals surface area (Å²) < 4.78 is 5.78. The monoisotopic (exact) mass is 233 g/mol. The Morgan fingerprint density at radius 1 is 1.24 bits per heavy atom. The van der Waals surface area contributed by atoms with Crippen molar-refractivity contribution in [3.05, 3.63) is 35.9 Å². The van der Waals surface area contributed by atoms with Crippen LogP contribution in [0.1, 0.15) is 32.3 Å². The summed E-state index contributed by atoms with van der Waals surface area (Å²) in [6, 6.07) is 8.14. The third-order valence-corrected chi connectivity index (χ3v) is 2.45. The van der Waals surface area contributed by atoms with E-state index in [4.69, 9.17) is 4.74 Å².